The lowest BCUT2D eigenvalue weighted by Gasteiger charge is -1.96. The highest BCUT2D eigenvalue weighted by Gasteiger charge is 1.97. The minimum absolute atomic E-state index is 0.392. The van der Waals surface area contributed by atoms with Crippen LogP contribution in [0, 0.1) is 0 Å². The first-order valence-corrected chi connectivity index (χ1v) is 3.71. The number of benzene rings is 1. The molecule has 0 heterocycles. The molecular formula is C8H4N2O2S. The summed E-state index contributed by atoms with van der Waals surface area (Å²) in [4.78, 5) is 27.0. The molecule has 0 N–H and O–H groups in total. The lowest BCUT2D eigenvalue weighted by molar-refractivity contribution is 0.564. The fraction of sp³-hybridized carbons (Fsp3) is 0. The van der Waals surface area contributed by atoms with Gasteiger partial charge in [-0.15, -0.1) is 12.6 Å². The van der Waals surface area contributed by atoms with Gasteiger partial charge in [-0.1, -0.05) is 0 Å². The van der Waals surface area contributed by atoms with Gasteiger partial charge >= 0.3 is 0 Å². The molecule has 5 heteroatoms. The molecular weight excluding hydrogens is 188 g/mol. The Bertz CT molecular complexity index is 418. The average molecular weight is 192 g/mol. The van der Waals surface area contributed by atoms with Gasteiger partial charge < -0.3 is 0 Å². The highest BCUT2D eigenvalue weighted by Crippen LogP contribution is 2.26. The van der Waals surface area contributed by atoms with E-state index in [1.807, 2.05) is 0 Å². The first kappa shape index (κ1) is 9.42. The van der Waals surface area contributed by atoms with Crippen LogP contribution in [-0.4, -0.2) is 12.2 Å². The summed E-state index contributed by atoms with van der Waals surface area (Å²) >= 11 is 4.03. The molecule has 0 radical (unpaired) electrons. The van der Waals surface area contributed by atoms with Crippen LogP contribution < -0.4 is 0 Å². The highest BCUT2D eigenvalue weighted by molar-refractivity contribution is 7.80. The summed E-state index contributed by atoms with van der Waals surface area (Å²) in [5, 5.41) is 0. The monoisotopic (exact) mass is 192 g/mol. The van der Waals surface area contributed by atoms with Crippen molar-refractivity contribution in [1.82, 2.24) is 0 Å². The lowest BCUT2D eigenvalue weighted by Crippen LogP contribution is -1.69. The van der Waals surface area contributed by atoms with E-state index in [4.69, 9.17) is 0 Å². The van der Waals surface area contributed by atoms with Crippen molar-refractivity contribution in [3.63, 3.8) is 0 Å². The summed E-state index contributed by atoms with van der Waals surface area (Å²) in [5.74, 6) is 0. The molecule has 0 amide bonds. The van der Waals surface area contributed by atoms with Gasteiger partial charge in [-0.05, 0) is 18.2 Å². The van der Waals surface area contributed by atoms with E-state index in [-0.39, 0.29) is 0 Å². The van der Waals surface area contributed by atoms with Gasteiger partial charge in [0.25, 0.3) is 0 Å². The van der Waals surface area contributed by atoms with Crippen molar-refractivity contribution in [1.29, 1.82) is 0 Å². The quantitative estimate of drug-likeness (QED) is 0.442. The first-order valence-electron chi connectivity index (χ1n) is 3.26. The minimum atomic E-state index is 0.392. The topological polar surface area (TPSA) is 58.9 Å². The fourth-order valence-electron chi connectivity index (χ4n) is 0.778. The third kappa shape index (κ3) is 2.39. The number of aliphatic imine (C=N–C) groups is 2. The molecule has 0 saturated heterocycles. The van der Waals surface area contributed by atoms with Crippen LogP contribution in [0.1, 0.15) is 0 Å². The standard InChI is InChI=1S/C8H4N2O2S/c11-4-9-6-1-2-7(10-5-12)8(13)3-6/h1-3,13H. The molecule has 13 heavy (non-hydrogen) atoms. The number of thiol groups is 1. The van der Waals surface area contributed by atoms with Crippen molar-refractivity contribution in [3.8, 4) is 0 Å². The Kier molecular flexibility index (Phi) is 3.17. The highest BCUT2D eigenvalue weighted by atomic mass is 32.1. The van der Waals surface area contributed by atoms with E-state index in [1.165, 1.54) is 30.4 Å². The summed E-state index contributed by atoms with van der Waals surface area (Å²) in [6, 6.07) is 4.55. The van der Waals surface area contributed by atoms with Crippen molar-refractivity contribution in [2.45, 2.75) is 4.90 Å². The van der Waals surface area contributed by atoms with E-state index in [2.05, 4.69) is 22.6 Å². The van der Waals surface area contributed by atoms with Crippen LogP contribution in [0.3, 0.4) is 0 Å². The number of nitrogens with zero attached hydrogens (tertiary/aromatic N) is 2. The predicted molar refractivity (Wildman–Crippen MR) is 49.3 cm³/mol. The summed E-state index contributed by atoms with van der Waals surface area (Å²) in [5.41, 5.74) is 0.813. The summed E-state index contributed by atoms with van der Waals surface area (Å²) in [7, 11) is 0. The first-order chi connectivity index (χ1) is 6.27. The molecule has 64 valence electrons. The number of rotatable bonds is 2. The molecule has 0 fully saturated rings. The molecule has 0 unspecified atom stereocenters. The van der Waals surface area contributed by atoms with Crippen molar-refractivity contribution >= 4 is 36.2 Å². The maximum Gasteiger partial charge on any atom is 0.240 e. The Morgan fingerprint density at radius 1 is 1.15 bits per heavy atom. The van der Waals surface area contributed by atoms with Crippen LogP contribution in [0.15, 0.2) is 33.1 Å². The van der Waals surface area contributed by atoms with Gasteiger partial charge in [0.15, 0.2) is 0 Å². The van der Waals surface area contributed by atoms with E-state index in [0.717, 1.165) is 0 Å². The van der Waals surface area contributed by atoms with Gasteiger partial charge in [0, 0.05) is 4.90 Å². The van der Waals surface area contributed by atoms with Crippen LogP contribution in [0.25, 0.3) is 0 Å². The summed E-state index contributed by atoms with van der Waals surface area (Å²) < 4.78 is 0. The molecule has 0 aliphatic heterocycles. The number of carbonyl (C=O) groups excluding carboxylic acids is 2. The molecule has 0 atom stereocenters. The third-order valence-corrected chi connectivity index (χ3v) is 1.66. The number of isocyanates is 2. The van der Waals surface area contributed by atoms with E-state index in [9.17, 15) is 9.59 Å². The van der Waals surface area contributed by atoms with Crippen LogP contribution in [0.4, 0.5) is 11.4 Å². The zero-order valence-corrected chi connectivity index (χ0v) is 7.28. The Morgan fingerprint density at radius 2 is 1.85 bits per heavy atom. The van der Waals surface area contributed by atoms with Crippen molar-refractivity contribution in [2.24, 2.45) is 9.98 Å². The summed E-state index contributed by atoms with van der Waals surface area (Å²) in [6.45, 7) is 0. The molecule has 0 aliphatic carbocycles. The third-order valence-electron chi connectivity index (χ3n) is 1.30. The number of hydrogen-bond donors (Lipinski definition) is 1. The number of hydrogen-bond acceptors (Lipinski definition) is 5. The van der Waals surface area contributed by atoms with Crippen LogP contribution >= 0.6 is 12.6 Å². The Labute approximate surface area is 79.4 Å². The fourth-order valence-corrected chi connectivity index (χ4v) is 1.03. The second kappa shape index (κ2) is 4.38. The Balaban J connectivity index is 3.19. The maximum atomic E-state index is 9.93. The molecule has 0 bridgehead atoms. The van der Waals surface area contributed by atoms with E-state index in [0.29, 0.717) is 16.3 Å². The van der Waals surface area contributed by atoms with Gasteiger partial charge in [0.05, 0.1) is 11.4 Å². The lowest BCUT2D eigenvalue weighted by atomic mass is 10.3. The SMILES string of the molecule is O=C=Nc1ccc(N=C=O)c(S)c1. The molecule has 1 aromatic rings. The van der Waals surface area contributed by atoms with Crippen LogP contribution in [-0.2, 0) is 9.59 Å². The van der Waals surface area contributed by atoms with E-state index < -0.39 is 0 Å². The molecule has 4 nitrogen and oxygen atoms in total. The zero-order chi connectivity index (χ0) is 9.68. The molecule has 0 aromatic heterocycles. The van der Waals surface area contributed by atoms with Crippen molar-refractivity contribution in [2.75, 3.05) is 0 Å². The van der Waals surface area contributed by atoms with E-state index >= 15 is 0 Å². The van der Waals surface area contributed by atoms with Gasteiger partial charge in [-0.2, -0.15) is 9.98 Å². The Hall–Kier alpha value is -1.67. The molecule has 1 aromatic carbocycles. The van der Waals surface area contributed by atoms with Gasteiger partial charge in [-0.3, -0.25) is 0 Å². The molecule has 0 saturated carbocycles. The van der Waals surface area contributed by atoms with Gasteiger partial charge in [-0.25, -0.2) is 9.59 Å². The zero-order valence-electron chi connectivity index (χ0n) is 6.39. The molecule has 0 aliphatic rings. The van der Waals surface area contributed by atoms with Gasteiger partial charge in [0.2, 0.25) is 12.2 Å². The molecule has 1 rings (SSSR count). The minimum Gasteiger partial charge on any atom is -0.211 e. The summed E-state index contributed by atoms with van der Waals surface area (Å²) in [6.07, 6.45) is 2.79. The Morgan fingerprint density at radius 3 is 2.38 bits per heavy atom. The second-order valence-electron chi connectivity index (χ2n) is 2.08. The average Bonchev–Trinajstić information content (AvgIpc) is 2.10. The predicted octanol–water partition coefficient (Wildman–Crippen LogP) is 1.91. The largest absolute Gasteiger partial charge is 0.240 e. The second-order valence-corrected chi connectivity index (χ2v) is 2.56. The normalized spacial score (nSPS) is 8.38. The van der Waals surface area contributed by atoms with Crippen molar-refractivity contribution < 1.29 is 9.59 Å². The molecule has 0 spiro atoms. The van der Waals surface area contributed by atoms with Crippen LogP contribution in [0.5, 0.6) is 0 Å². The maximum absolute atomic E-state index is 9.93. The van der Waals surface area contributed by atoms with Gasteiger partial charge in [0.1, 0.15) is 0 Å². The van der Waals surface area contributed by atoms with Crippen LogP contribution in [0.2, 0.25) is 0 Å². The van der Waals surface area contributed by atoms with E-state index in [1.54, 1.807) is 0 Å². The van der Waals surface area contributed by atoms with Crippen molar-refractivity contribution in [3.05, 3.63) is 18.2 Å². The smallest absolute Gasteiger partial charge is 0.211 e.